The predicted octanol–water partition coefficient (Wildman–Crippen LogP) is 6.48. The van der Waals surface area contributed by atoms with Gasteiger partial charge in [0.2, 0.25) is 5.88 Å². The van der Waals surface area contributed by atoms with Crippen molar-refractivity contribution < 1.29 is 32.5 Å². The largest absolute Gasteiger partial charge is 0.478 e. The maximum absolute atomic E-state index is 15.4. The predicted molar refractivity (Wildman–Crippen MR) is 149 cm³/mol. The molecule has 0 radical (unpaired) electrons. The molecule has 5 aromatic rings. The molecule has 214 valence electrons. The molecule has 0 bridgehead atoms. The van der Waals surface area contributed by atoms with E-state index in [0.29, 0.717) is 46.9 Å². The topological polar surface area (TPSA) is 86.5 Å². The van der Waals surface area contributed by atoms with E-state index in [-0.39, 0.29) is 36.3 Å². The van der Waals surface area contributed by atoms with Crippen LogP contribution in [-0.2, 0) is 24.3 Å². The van der Waals surface area contributed by atoms with Gasteiger partial charge in [0.05, 0.1) is 34.9 Å². The molecule has 1 N–H and O–H groups in total. The van der Waals surface area contributed by atoms with Crippen molar-refractivity contribution in [3.05, 3.63) is 112 Å². The Labute approximate surface area is 239 Å². The standard InChI is InChI=1S/C32H26F3N3O4/c1-18-5-6-21(24(33)11-18)17-42-31-4-2-3-27(37-31)20-8-7-19(25(34)12-20)13-30-36-28-15-26(35)23(32(39)40)14-29(28)38(30)16-22-9-10-41-22/h2-8,11-12,14-15,22H,9-10,13,16-17H2,1H3,(H,39,40)/t22-/m0/s1. The van der Waals surface area contributed by atoms with Gasteiger partial charge in [0.25, 0.3) is 0 Å². The second-order valence-electron chi connectivity index (χ2n) is 10.3. The molecule has 0 saturated carbocycles. The molecular formula is C32H26F3N3O4. The van der Waals surface area contributed by atoms with E-state index >= 15 is 4.39 Å². The third-order valence-corrected chi connectivity index (χ3v) is 7.33. The van der Waals surface area contributed by atoms with Crippen molar-refractivity contribution in [1.29, 1.82) is 0 Å². The van der Waals surface area contributed by atoms with Crippen molar-refractivity contribution in [1.82, 2.24) is 14.5 Å². The summed E-state index contributed by atoms with van der Waals surface area (Å²) in [4.78, 5) is 20.5. The molecule has 7 nitrogen and oxygen atoms in total. The number of carboxylic acid groups (broad SMARTS) is 1. The fourth-order valence-corrected chi connectivity index (χ4v) is 4.93. The molecule has 0 spiro atoms. The second kappa shape index (κ2) is 11.3. The first-order valence-electron chi connectivity index (χ1n) is 13.4. The molecule has 42 heavy (non-hydrogen) atoms. The van der Waals surface area contributed by atoms with Crippen LogP contribution in [0, 0.1) is 24.4 Å². The number of ether oxygens (including phenoxy) is 2. The van der Waals surface area contributed by atoms with Gasteiger partial charge in [-0.2, -0.15) is 0 Å². The maximum Gasteiger partial charge on any atom is 0.338 e. The van der Waals surface area contributed by atoms with Gasteiger partial charge in [-0.3, -0.25) is 0 Å². The first-order chi connectivity index (χ1) is 20.2. The number of benzene rings is 3. The molecule has 1 atom stereocenters. The van der Waals surface area contributed by atoms with Crippen LogP contribution in [0.15, 0.2) is 66.7 Å². The van der Waals surface area contributed by atoms with Crippen LogP contribution in [0.25, 0.3) is 22.3 Å². The number of fused-ring (bicyclic) bond motifs is 1. The van der Waals surface area contributed by atoms with E-state index in [4.69, 9.17) is 9.47 Å². The highest BCUT2D eigenvalue weighted by Crippen LogP contribution is 2.28. The Bertz CT molecular complexity index is 1820. The van der Waals surface area contributed by atoms with Crippen molar-refractivity contribution >= 4 is 17.0 Å². The zero-order chi connectivity index (χ0) is 29.4. The van der Waals surface area contributed by atoms with Gasteiger partial charge in [-0.25, -0.2) is 27.9 Å². The molecular weight excluding hydrogens is 547 g/mol. The van der Waals surface area contributed by atoms with Crippen LogP contribution in [0.3, 0.4) is 0 Å². The number of aryl methyl sites for hydroxylation is 1. The molecule has 0 aliphatic carbocycles. The third kappa shape index (κ3) is 5.58. The first kappa shape index (κ1) is 27.5. The van der Waals surface area contributed by atoms with Crippen molar-refractivity contribution in [2.24, 2.45) is 0 Å². The van der Waals surface area contributed by atoms with Gasteiger partial charge in [-0.05, 0) is 48.7 Å². The number of aromatic carboxylic acids is 1. The van der Waals surface area contributed by atoms with E-state index in [1.807, 2.05) is 6.92 Å². The Kier molecular flexibility index (Phi) is 7.38. The van der Waals surface area contributed by atoms with Crippen molar-refractivity contribution in [2.75, 3.05) is 6.61 Å². The number of hydrogen-bond donors (Lipinski definition) is 1. The zero-order valence-electron chi connectivity index (χ0n) is 22.6. The van der Waals surface area contributed by atoms with Crippen molar-refractivity contribution in [3.8, 4) is 17.1 Å². The molecule has 1 fully saturated rings. The fraction of sp³-hybridized carbons (Fsp3) is 0.219. The third-order valence-electron chi connectivity index (χ3n) is 7.33. The van der Waals surface area contributed by atoms with E-state index in [9.17, 15) is 18.7 Å². The van der Waals surface area contributed by atoms with Crippen LogP contribution in [0.2, 0.25) is 0 Å². The number of carbonyl (C=O) groups is 1. The van der Waals surface area contributed by atoms with Gasteiger partial charge in [0.15, 0.2) is 0 Å². The second-order valence-corrected chi connectivity index (χ2v) is 10.3. The molecule has 6 rings (SSSR count). The number of pyridine rings is 1. The lowest BCUT2D eigenvalue weighted by Crippen LogP contribution is -2.31. The molecule has 2 aromatic heterocycles. The van der Waals surface area contributed by atoms with E-state index < -0.39 is 23.2 Å². The zero-order valence-corrected chi connectivity index (χ0v) is 22.6. The van der Waals surface area contributed by atoms with Gasteiger partial charge in [0, 0.05) is 36.3 Å². The summed E-state index contributed by atoms with van der Waals surface area (Å²) in [5.74, 6) is -2.37. The number of aromatic nitrogens is 3. The Morgan fingerprint density at radius 3 is 2.50 bits per heavy atom. The molecule has 1 saturated heterocycles. The SMILES string of the molecule is Cc1ccc(COc2cccc(-c3ccc(Cc4nc5cc(F)c(C(=O)O)cc5n4C[C@@H]4CCO4)c(F)c3)n2)c(F)c1. The minimum absolute atomic E-state index is 0.000616. The minimum atomic E-state index is -1.38. The number of halogens is 3. The monoisotopic (exact) mass is 573 g/mol. The van der Waals surface area contributed by atoms with Crippen molar-refractivity contribution in [3.63, 3.8) is 0 Å². The highest BCUT2D eigenvalue weighted by Gasteiger charge is 2.24. The highest BCUT2D eigenvalue weighted by atomic mass is 19.1. The van der Waals surface area contributed by atoms with E-state index in [1.54, 1.807) is 47.0 Å². The van der Waals surface area contributed by atoms with Gasteiger partial charge in [-0.15, -0.1) is 0 Å². The summed E-state index contributed by atoms with van der Waals surface area (Å²) in [6.45, 7) is 2.82. The van der Waals surface area contributed by atoms with Crippen LogP contribution >= 0.6 is 0 Å². The van der Waals surface area contributed by atoms with Crippen LogP contribution in [0.1, 0.15) is 39.3 Å². The number of nitrogens with zero attached hydrogens (tertiary/aromatic N) is 3. The Hall–Kier alpha value is -4.70. The Balaban J connectivity index is 1.25. The lowest BCUT2D eigenvalue weighted by molar-refractivity contribution is -0.0589. The molecule has 1 aliphatic heterocycles. The maximum atomic E-state index is 15.4. The average Bonchev–Trinajstić information content (AvgIpc) is 3.26. The fourth-order valence-electron chi connectivity index (χ4n) is 4.93. The molecule has 0 amide bonds. The highest BCUT2D eigenvalue weighted by molar-refractivity contribution is 5.93. The lowest BCUT2D eigenvalue weighted by atomic mass is 10.1. The van der Waals surface area contributed by atoms with E-state index in [1.165, 1.54) is 18.2 Å². The summed E-state index contributed by atoms with van der Waals surface area (Å²) in [6, 6.07) is 17.1. The summed E-state index contributed by atoms with van der Waals surface area (Å²) in [5, 5.41) is 9.40. The van der Waals surface area contributed by atoms with Gasteiger partial charge in [-0.1, -0.05) is 30.3 Å². The minimum Gasteiger partial charge on any atom is -0.478 e. The van der Waals surface area contributed by atoms with Crippen molar-refractivity contribution in [2.45, 2.75) is 39.0 Å². The number of carboxylic acids is 1. The lowest BCUT2D eigenvalue weighted by Gasteiger charge is -2.27. The summed E-state index contributed by atoms with van der Waals surface area (Å²) >= 11 is 0. The molecule has 3 heterocycles. The normalized spacial score (nSPS) is 14.6. The summed E-state index contributed by atoms with van der Waals surface area (Å²) < 4.78 is 57.0. The smallest absolute Gasteiger partial charge is 0.338 e. The van der Waals surface area contributed by atoms with Gasteiger partial charge >= 0.3 is 5.97 Å². The number of rotatable bonds is 9. The summed E-state index contributed by atoms with van der Waals surface area (Å²) in [6.07, 6.45) is 0.830. The quantitative estimate of drug-likeness (QED) is 0.217. The Morgan fingerprint density at radius 1 is 1.00 bits per heavy atom. The summed E-state index contributed by atoms with van der Waals surface area (Å²) in [7, 11) is 0. The van der Waals surface area contributed by atoms with E-state index in [0.717, 1.165) is 18.1 Å². The van der Waals surface area contributed by atoms with Gasteiger partial charge in [0.1, 0.15) is 29.9 Å². The van der Waals surface area contributed by atoms with Gasteiger partial charge < -0.3 is 19.1 Å². The molecule has 0 unspecified atom stereocenters. The molecule has 10 heteroatoms. The van der Waals surface area contributed by atoms with Crippen LogP contribution in [-0.4, -0.2) is 38.3 Å². The van der Waals surface area contributed by atoms with Crippen LogP contribution in [0.4, 0.5) is 13.2 Å². The summed E-state index contributed by atoms with van der Waals surface area (Å²) in [5.41, 5.74) is 2.85. The van der Waals surface area contributed by atoms with E-state index in [2.05, 4.69) is 9.97 Å². The molecule has 1 aliphatic rings. The number of imidazole rings is 1. The molecule has 3 aromatic carbocycles. The number of hydrogen-bond acceptors (Lipinski definition) is 5. The Morgan fingerprint density at radius 2 is 1.79 bits per heavy atom. The van der Waals surface area contributed by atoms with Crippen LogP contribution in [0.5, 0.6) is 5.88 Å². The van der Waals surface area contributed by atoms with Crippen LogP contribution < -0.4 is 4.74 Å². The average molecular weight is 574 g/mol. The first-order valence-corrected chi connectivity index (χ1v) is 13.4.